The summed E-state index contributed by atoms with van der Waals surface area (Å²) in [5.74, 6) is 1.35. The van der Waals surface area contributed by atoms with E-state index in [9.17, 15) is 0 Å². The molecule has 0 aliphatic carbocycles. The molecular formula is C14H16ClN3O2. The summed E-state index contributed by atoms with van der Waals surface area (Å²) in [7, 11) is 1.62. The smallest absolute Gasteiger partial charge is 0.163 e. The first-order chi connectivity index (χ1) is 9.78. The highest BCUT2D eigenvalue weighted by Gasteiger charge is 2.18. The number of hydrogen-bond acceptors (Lipinski definition) is 5. The number of hydrogen-bond donors (Lipinski definition) is 1. The van der Waals surface area contributed by atoms with Crippen LogP contribution >= 0.6 is 11.6 Å². The van der Waals surface area contributed by atoms with Gasteiger partial charge in [-0.05, 0) is 25.5 Å². The van der Waals surface area contributed by atoms with Crippen LogP contribution in [0.15, 0.2) is 18.5 Å². The maximum atomic E-state index is 6.07. The molecule has 1 aliphatic heterocycles. The summed E-state index contributed by atoms with van der Waals surface area (Å²) < 4.78 is 11.4. The zero-order chi connectivity index (χ0) is 13.9. The molecule has 0 spiro atoms. The fraction of sp³-hybridized carbons (Fsp3) is 0.429. The topological polar surface area (TPSA) is 56.3 Å². The van der Waals surface area contributed by atoms with Crippen LogP contribution in [0.5, 0.6) is 11.5 Å². The number of methoxy groups -OCH3 is 1. The molecule has 0 bridgehead atoms. The van der Waals surface area contributed by atoms with Crippen LogP contribution in [0.3, 0.4) is 0 Å². The Morgan fingerprint density at radius 2 is 2.20 bits per heavy atom. The van der Waals surface area contributed by atoms with Gasteiger partial charge in [0.1, 0.15) is 17.6 Å². The maximum Gasteiger partial charge on any atom is 0.163 e. The number of ether oxygens (including phenoxy) is 2. The quantitative estimate of drug-likeness (QED) is 0.881. The third kappa shape index (κ3) is 2.64. The van der Waals surface area contributed by atoms with Crippen LogP contribution in [0.25, 0.3) is 10.9 Å². The Morgan fingerprint density at radius 3 is 2.95 bits per heavy atom. The van der Waals surface area contributed by atoms with Crippen molar-refractivity contribution >= 4 is 22.5 Å². The Labute approximate surface area is 122 Å². The van der Waals surface area contributed by atoms with Gasteiger partial charge in [0.05, 0.1) is 12.6 Å². The summed E-state index contributed by atoms with van der Waals surface area (Å²) in [6.45, 7) is 1.91. The summed E-state index contributed by atoms with van der Waals surface area (Å²) >= 11 is 6.07. The summed E-state index contributed by atoms with van der Waals surface area (Å²) in [6.07, 6.45) is 3.77. The van der Waals surface area contributed by atoms with Crippen molar-refractivity contribution in [3.63, 3.8) is 0 Å². The zero-order valence-electron chi connectivity index (χ0n) is 11.2. The molecule has 1 atom stereocenters. The predicted octanol–water partition coefficient (Wildman–Crippen LogP) is 2.42. The lowest BCUT2D eigenvalue weighted by molar-refractivity contribution is 0.161. The van der Waals surface area contributed by atoms with E-state index in [4.69, 9.17) is 21.1 Å². The third-order valence-electron chi connectivity index (χ3n) is 3.42. The van der Waals surface area contributed by atoms with Crippen molar-refractivity contribution in [1.82, 2.24) is 15.3 Å². The van der Waals surface area contributed by atoms with Gasteiger partial charge in [0.15, 0.2) is 11.5 Å². The van der Waals surface area contributed by atoms with Crippen LogP contribution in [0.4, 0.5) is 0 Å². The van der Waals surface area contributed by atoms with Gasteiger partial charge in [-0.1, -0.05) is 11.6 Å². The molecule has 0 amide bonds. The Kier molecular flexibility index (Phi) is 3.89. The van der Waals surface area contributed by atoms with Gasteiger partial charge < -0.3 is 14.8 Å². The Morgan fingerprint density at radius 1 is 1.30 bits per heavy atom. The van der Waals surface area contributed by atoms with Gasteiger partial charge in [0.2, 0.25) is 0 Å². The van der Waals surface area contributed by atoms with Crippen molar-refractivity contribution in [3.05, 3.63) is 23.6 Å². The van der Waals surface area contributed by atoms with Gasteiger partial charge >= 0.3 is 0 Å². The second-order valence-corrected chi connectivity index (χ2v) is 5.13. The minimum absolute atomic E-state index is 0.160. The molecule has 1 aliphatic rings. The van der Waals surface area contributed by atoms with Crippen LogP contribution in [0, 0.1) is 0 Å². The fourth-order valence-electron chi connectivity index (χ4n) is 2.38. The minimum atomic E-state index is 0.160. The SMILES string of the molecule is COc1cc2c(Cl)ncnc2cc1O[C@H]1CCCNC1. The Balaban J connectivity index is 1.96. The van der Waals surface area contributed by atoms with Gasteiger partial charge in [0, 0.05) is 18.0 Å². The lowest BCUT2D eigenvalue weighted by Gasteiger charge is -2.24. The monoisotopic (exact) mass is 293 g/mol. The van der Waals surface area contributed by atoms with Gasteiger partial charge in [-0.25, -0.2) is 9.97 Å². The number of piperidine rings is 1. The molecule has 1 aromatic heterocycles. The van der Waals surface area contributed by atoms with Crippen molar-refractivity contribution in [3.8, 4) is 11.5 Å². The van der Waals surface area contributed by atoms with Crippen molar-refractivity contribution in [2.24, 2.45) is 0 Å². The van der Waals surface area contributed by atoms with E-state index in [-0.39, 0.29) is 6.10 Å². The highest BCUT2D eigenvalue weighted by Crippen LogP contribution is 2.34. The minimum Gasteiger partial charge on any atom is -0.493 e. The van der Waals surface area contributed by atoms with E-state index in [2.05, 4.69) is 15.3 Å². The second kappa shape index (κ2) is 5.81. The number of fused-ring (bicyclic) bond motifs is 1. The molecule has 5 nitrogen and oxygen atoms in total. The number of rotatable bonds is 3. The fourth-order valence-corrected chi connectivity index (χ4v) is 2.58. The Bertz CT molecular complexity index is 615. The molecule has 1 fully saturated rings. The molecule has 2 aromatic rings. The lowest BCUT2D eigenvalue weighted by Crippen LogP contribution is -2.37. The molecule has 1 N–H and O–H groups in total. The number of nitrogens with zero attached hydrogens (tertiary/aromatic N) is 2. The maximum absolute atomic E-state index is 6.07. The molecule has 1 aromatic carbocycles. The van der Waals surface area contributed by atoms with E-state index in [0.717, 1.165) is 36.8 Å². The van der Waals surface area contributed by atoms with Gasteiger partial charge in [-0.2, -0.15) is 0 Å². The molecule has 0 radical (unpaired) electrons. The highest BCUT2D eigenvalue weighted by atomic mass is 35.5. The normalized spacial score (nSPS) is 19.0. The first-order valence-corrected chi connectivity index (χ1v) is 7.01. The van der Waals surface area contributed by atoms with Gasteiger partial charge in [0.25, 0.3) is 0 Å². The number of aromatic nitrogens is 2. The molecule has 6 heteroatoms. The van der Waals surface area contributed by atoms with Gasteiger partial charge in [-0.3, -0.25) is 0 Å². The van der Waals surface area contributed by atoms with Crippen molar-refractivity contribution in [1.29, 1.82) is 0 Å². The summed E-state index contributed by atoms with van der Waals surface area (Å²) in [5.41, 5.74) is 0.754. The first kappa shape index (κ1) is 13.4. The molecule has 106 valence electrons. The molecule has 20 heavy (non-hydrogen) atoms. The summed E-state index contributed by atoms with van der Waals surface area (Å²) in [4.78, 5) is 8.20. The highest BCUT2D eigenvalue weighted by molar-refractivity contribution is 6.34. The Hall–Kier alpha value is -1.59. The lowest BCUT2D eigenvalue weighted by atomic mass is 10.1. The van der Waals surface area contributed by atoms with E-state index in [0.29, 0.717) is 16.7 Å². The number of benzene rings is 1. The molecule has 3 rings (SSSR count). The predicted molar refractivity (Wildman–Crippen MR) is 77.6 cm³/mol. The molecule has 2 heterocycles. The van der Waals surface area contributed by atoms with Crippen LogP contribution in [-0.2, 0) is 0 Å². The number of nitrogens with one attached hydrogen (secondary N) is 1. The van der Waals surface area contributed by atoms with Crippen LogP contribution in [0.1, 0.15) is 12.8 Å². The largest absolute Gasteiger partial charge is 0.493 e. The molecule has 0 unspecified atom stereocenters. The summed E-state index contributed by atoms with van der Waals surface area (Å²) in [5, 5.41) is 4.51. The van der Waals surface area contributed by atoms with Crippen LogP contribution in [0.2, 0.25) is 5.15 Å². The first-order valence-electron chi connectivity index (χ1n) is 6.63. The van der Waals surface area contributed by atoms with Crippen molar-refractivity contribution in [2.45, 2.75) is 18.9 Å². The standard InChI is InChI=1S/C14H16ClN3O2/c1-19-12-5-10-11(17-8-18-14(10)15)6-13(12)20-9-3-2-4-16-7-9/h5-6,8-9,16H,2-4,7H2,1H3/t9-/m0/s1. The van der Waals surface area contributed by atoms with Gasteiger partial charge in [-0.15, -0.1) is 0 Å². The van der Waals surface area contributed by atoms with E-state index in [1.165, 1.54) is 6.33 Å². The van der Waals surface area contributed by atoms with E-state index < -0.39 is 0 Å². The van der Waals surface area contributed by atoms with Crippen molar-refractivity contribution in [2.75, 3.05) is 20.2 Å². The van der Waals surface area contributed by atoms with Crippen LogP contribution < -0.4 is 14.8 Å². The summed E-state index contributed by atoms with van der Waals surface area (Å²) in [6, 6.07) is 3.68. The average Bonchev–Trinajstić information content (AvgIpc) is 2.48. The third-order valence-corrected chi connectivity index (χ3v) is 3.72. The molecule has 1 saturated heterocycles. The van der Waals surface area contributed by atoms with E-state index >= 15 is 0 Å². The van der Waals surface area contributed by atoms with Crippen LogP contribution in [-0.4, -0.2) is 36.3 Å². The van der Waals surface area contributed by atoms with E-state index in [1.807, 2.05) is 12.1 Å². The average molecular weight is 294 g/mol. The number of halogens is 1. The zero-order valence-corrected chi connectivity index (χ0v) is 12.0. The second-order valence-electron chi connectivity index (χ2n) is 4.77. The van der Waals surface area contributed by atoms with E-state index in [1.54, 1.807) is 7.11 Å². The molecular weight excluding hydrogens is 278 g/mol. The molecule has 0 saturated carbocycles. The van der Waals surface area contributed by atoms with Crippen molar-refractivity contribution < 1.29 is 9.47 Å².